The summed E-state index contributed by atoms with van der Waals surface area (Å²) in [6.07, 6.45) is 0.0220. The summed E-state index contributed by atoms with van der Waals surface area (Å²) in [4.78, 5) is 22.9. The molecule has 0 fully saturated rings. The summed E-state index contributed by atoms with van der Waals surface area (Å²) in [6, 6.07) is 5.83. The fraction of sp³-hybridized carbons (Fsp3) is 0.500. The van der Waals surface area contributed by atoms with Gasteiger partial charge >= 0.3 is 5.97 Å². The third-order valence-corrected chi connectivity index (χ3v) is 2.72. The molecule has 5 nitrogen and oxygen atoms in total. The van der Waals surface area contributed by atoms with Crippen molar-refractivity contribution in [2.45, 2.75) is 40.2 Å². The summed E-state index contributed by atoms with van der Waals surface area (Å²) in [5.41, 5.74) is 2.06. The van der Waals surface area contributed by atoms with Crippen LogP contribution < -0.4 is 10.1 Å². The molecular weight excluding hydrogens is 270 g/mol. The quantitative estimate of drug-likeness (QED) is 0.782. The molecule has 0 aliphatic rings. The molecule has 0 spiro atoms. The molecule has 0 bridgehead atoms. The highest BCUT2D eigenvalue weighted by molar-refractivity contribution is 5.78. The first kappa shape index (κ1) is 17.0. The van der Waals surface area contributed by atoms with Gasteiger partial charge in [-0.25, -0.2) is 0 Å². The van der Waals surface area contributed by atoms with E-state index in [0.29, 0.717) is 5.75 Å². The van der Waals surface area contributed by atoms with Gasteiger partial charge in [0.15, 0.2) is 6.61 Å². The van der Waals surface area contributed by atoms with Crippen LogP contribution in [0.3, 0.4) is 0 Å². The SMILES string of the molecule is Cc1ccc(C)c(OCC(=O)NCCC(=O)OC(C)C)c1. The van der Waals surface area contributed by atoms with Crippen molar-refractivity contribution in [3.63, 3.8) is 0 Å². The Balaban J connectivity index is 2.28. The second kappa shape index (κ2) is 8.29. The number of hydrogen-bond acceptors (Lipinski definition) is 4. The average Bonchev–Trinajstić information content (AvgIpc) is 2.39. The summed E-state index contributed by atoms with van der Waals surface area (Å²) >= 11 is 0. The molecule has 0 aliphatic heterocycles. The number of nitrogens with one attached hydrogen (secondary N) is 1. The fourth-order valence-corrected chi connectivity index (χ4v) is 1.68. The predicted molar refractivity (Wildman–Crippen MR) is 80.3 cm³/mol. The number of carbonyl (C=O) groups excluding carboxylic acids is 2. The van der Waals surface area contributed by atoms with Crippen molar-refractivity contribution in [3.05, 3.63) is 29.3 Å². The lowest BCUT2D eigenvalue weighted by atomic mass is 10.1. The number of carbonyl (C=O) groups is 2. The topological polar surface area (TPSA) is 64.6 Å². The molecule has 21 heavy (non-hydrogen) atoms. The smallest absolute Gasteiger partial charge is 0.307 e. The standard InChI is InChI=1S/C16H23NO4/c1-11(2)21-16(19)7-8-17-15(18)10-20-14-9-12(3)5-6-13(14)4/h5-6,9,11H,7-8,10H2,1-4H3,(H,17,18). The fourth-order valence-electron chi connectivity index (χ4n) is 1.68. The number of aryl methyl sites for hydroxylation is 2. The van der Waals surface area contributed by atoms with E-state index in [4.69, 9.17) is 9.47 Å². The molecule has 5 heteroatoms. The van der Waals surface area contributed by atoms with Gasteiger partial charge in [0.05, 0.1) is 12.5 Å². The molecule has 0 heterocycles. The summed E-state index contributed by atoms with van der Waals surface area (Å²) in [5.74, 6) is 0.123. The molecule has 0 radical (unpaired) electrons. The van der Waals surface area contributed by atoms with Crippen LogP contribution in [0.25, 0.3) is 0 Å². The number of rotatable bonds is 7. The van der Waals surface area contributed by atoms with Crippen LogP contribution in [0.1, 0.15) is 31.4 Å². The molecule has 1 aromatic carbocycles. The largest absolute Gasteiger partial charge is 0.483 e. The van der Waals surface area contributed by atoms with Gasteiger partial charge in [-0.2, -0.15) is 0 Å². The first-order chi connectivity index (χ1) is 9.88. The monoisotopic (exact) mass is 293 g/mol. The third kappa shape index (κ3) is 6.79. The Hall–Kier alpha value is -2.04. The van der Waals surface area contributed by atoms with Gasteiger partial charge in [-0.15, -0.1) is 0 Å². The lowest BCUT2D eigenvalue weighted by Crippen LogP contribution is -2.31. The molecular formula is C16H23NO4. The van der Waals surface area contributed by atoms with Gasteiger partial charge in [-0.3, -0.25) is 9.59 Å². The van der Waals surface area contributed by atoms with E-state index in [1.807, 2.05) is 32.0 Å². The highest BCUT2D eigenvalue weighted by Crippen LogP contribution is 2.18. The summed E-state index contributed by atoms with van der Waals surface area (Å²) in [7, 11) is 0. The predicted octanol–water partition coefficient (Wildman–Crippen LogP) is 2.14. The number of benzene rings is 1. The zero-order chi connectivity index (χ0) is 15.8. The van der Waals surface area contributed by atoms with Crippen LogP contribution in [0.15, 0.2) is 18.2 Å². The van der Waals surface area contributed by atoms with Gasteiger partial charge in [0.2, 0.25) is 0 Å². The van der Waals surface area contributed by atoms with Crippen molar-refractivity contribution in [2.75, 3.05) is 13.2 Å². The highest BCUT2D eigenvalue weighted by Gasteiger charge is 2.08. The van der Waals surface area contributed by atoms with Crippen LogP contribution in [-0.4, -0.2) is 31.1 Å². The Morgan fingerprint density at radius 2 is 1.95 bits per heavy atom. The molecule has 0 saturated heterocycles. The Morgan fingerprint density at radius 3 is 2.62 bits per heavy atom. The lowest BCUT2D eigenvalue weighted by Gasteiger charge is -2.11. The minimum atomic E-state index is -0.319. The molecule has 1 rings (SSSR count). The van der Waals surface area contributed by atoms with Crippen LogP contribution in [0.2, 0.25) is 0 Å². The van der Waals surface area contributed by atoms with Gasteiger partial charge < -0.3 is 14.8 Å². The van der Waals surface area contributed by atoms with Gasteiger partial charge in [-0.1, -0.05) is 12.1 Å². The maximum atomic E-state index is 11.6. The van der Waals surface area contributed by atoms with Crippen LogP contribution in [0, 0.1) is 13.8 Å². The second-order valence-electron chi connectivity index (χ2n) is 5.20. The maximum Gasteiger partial charge on any atom is 0.307 e. The lowest BCUT2D eigenvalue weighted by molar-refractivity contribution is -0.147. The average molecular weight is 293 g/mol. The minimum Gasteiger partial charge on any atom is -0.483 e. The van der Waals surface area contributed by atoms with E-state index in [9.17, 15) is 9.59 Å². The van der Waals surface area contributed by atoms with E-state index in [2.05, 4.69) is 5.32 Å². The summed E-state index contributed by atoms with van der Waals surface area (Å²) in [5, 5.41) is 2.63. The van der Waals surface area contributed by atoms with Crippen molar-refractivity contribution in [3.8, 4) is 5.75 Å². The Kier molecular flexibility index (Phi) is 6.72. The van der Waals surface area contributed by atoms with Gasteiger partial charge in [0.1, 0.15) is 5.75 Å². The molecule has 0 saturated carbocycles. The molecule has 1 aromatic rings. The molecule has 0 aliphatic carbocycles. The van der Waals surface area contributed by atoms with E-state index in [1.54, 1.807) is 13.8 Å². The maximum absolute atomic E-state index is 11.6. The van der Waals surface area contributed by atoms with E-state index in [1.165, 1.54) is 0 Å². The molecule has 0 unspecified atom stereocenters. The van der Waals surface area contributed by atoms with Crippen molar-refractivity contribution < 1.29 is 19.1 Å². The van der Waals surface area contributed by atoms with E-state index in [-0.39, 0.29) is 37.6 Å². The Bertz CT molecular complexity index is 497. The van der Waals surface area contributed by atoms with E-state index in [0.717, 1.165) is 11.1 Å². The van der Waals surface area contributed by atoms with Crippen molar-refractivity contribution in [2.24, 2.45) is 0 Å². The van der Waals surface area contributed by atoms with Gasteiger partial charge in [-0.05, 0) is 44.9 Å². The molecule has 116 valence electrons. The highest BCUT2D eigenvalue weighted by atomic mass is 16.5. The van der Waals surface area contributed by atoms with Crippen LogP contribution in [0.5, 0.6) is 5.75 Å². The van der Waals surface area contributed by atoms with Gasteiger partial charge in [0.25, 0.3) is 5.91 Å². The molecule has 1 N–H and O–H groups in total. The van der Waals surface area contributed by atoms with Crippen molar-refractivity contribution >= 4 is 11.9 Å². The second-order valence-corrected chi connectivity index (χ2v) is 5.20. The van der Waals surface area contributed by atoms with Crippen LogP contribution in [-0.2, 0) is 14.3 Å². The summed E-state index contributed by atoms with van der Waals surface area (Å²) in [6.45, 7) is 7.65. The third-order valence-electron chi connectivity index (χ3n) is 2.72. The van der Waals surface area contributed by atoms with E-state index < -0.39 is 0 Å². The molecule has 0 aromatic heterocycles. The van der Waals surface area contributed by atoms with E-state index >= 15 is 0 Å². The Morgan fingerprint density at radius 1 is 1.24 bits per heavy atom. The van der Waals surface area contributed by atoms with Crippen LogP contribution >= 0.6 is 0 Å². The van der Waals surface area contributed by atoms with Gasteiger partial charge in [0, 0.05) is 6.54 Å². The van der Waals surface area contributed by atoms with Crippen molar-refractivity contribution in [1.29, 1.82) is 0 Å². The number of ether oxygens (including phenoxy) is 2. The van der Waals surface area contributed by atoms with Crippen LogP contribution in [0.4, 0.5) is 0 Å². The van der Waals surface area contributed by atoms with Crippen molar-refractivity contribution in [1.82, 2.24) is 5.32 Å². The number of hydrogen-bond donors (Lipinski definition) is 1. The zero-order valence-corrected chi connectivity index (χ0v) is 13.1. The Labute approximate surface area is 125 Å². The first-order valence-corrected chi connectivity index (χ1v) is 7.04. The molecule has 0 atom stereocenters. The number of amides is 1. The normalized spacial score (nSPS) is 10.3. The zero-order valence-electron chi connectivity index (χ0n) is 13.1. The first-order valence-electron chi connectivity index (χ1n) is 7.04. The summed E-state index contributed by atoms with van der Waals surface area (Å²) < 4.78 is 10.4. The number of esters is 1. The minimum absolute atomic E-state index is 0.0660. The molecule has 1 amide bonds.